The number of unbranched alkanes of at least 4 members (excludes halogenated alkanes) is 5. The van der Waals surface area contributed by atoms with Crippen LogP contribution in [-0.2, 0) is 57.2 Å². The second-order valence-corrected chi connectivity index (χ2v) is 36.1. The normalized spacial score (nSPS) is 13.7. The van der Waals surface area contributed by atoms with Crippen LogP contribution in [0.15, 0.2) is 243 Å². The van der Waals surface area contributed by atoms with Crippen molar-refractivity contribution in [3.05, 3.63) is 298 Å². The van der Waals surface area contributed by atoms with Crippen molar-refractivity contribution < 1.29 is 76.7 Å². The van der Waals surface area contributed by atoms with E-state index in [1.54, 1.807) is 13.8 Å². The first-order chi connectivity index (χ1) is 66.7. The highest BCUT2D eigenvalue weighted by molar-refractivity contribution is 5.92. The first-order valence-electron chi connectivity index (χ1n) is 48.6. The van der Waals surface area contributed by atoms with Crippen molar-refractivity contribution in [3.63, 3.8) is 0 Å². The number of ether oxygens (including phenoxy) is 5. The molecule has 9 N–H and O–H groups in total. The molecule has 23 heteroatoms. The summed E-state index contributed by atoms with van der Waals surface area (Å²) in [7, 11) is 5.73. The Labute approximate surface area is 805 Å². The van der Waals surface area contributed by atoms with E-state index in [1.165, 1.54) is 51.4 Å². The van der Waals surface area contributed by atoms with Crippen molar-refractivity contribution in [2.75, 3.05) is 86.9 Å². The number of Topliss-reactive ketones (excluding diaryl/α,β-unsaturated/α-hetero) is 4. The number of fused-ring (bicyclic) bond motifs is 15. The summed E-state index contributed by atoms with van der Waals surface area (Å²) in [6, 6.07) is 80.7. The van der Waals surface area contributed by atoms with Crippen molar-refractivity contribution in [2.45, 2.75) is 178 Å². The van der Waals surface area contributed by atoms with Crippen LogP contribution in [0.3, 0.4) is 0 Å². The molecule has 0 aliphatic heterocycles. The number of aliphatic carboxylic acids is 1. The molecule has 0 fully saturated rings. The van der Waals surface area contributed by atoms with E-state index >= 15 is 0 Å². The molecular formula is C114H133N7O16. The van der Waals surface area contributed by atoms with Gasteiger partial charge >= 0.3 is 36.2 Å². The zero-order valence-corrected chi connectivity index (χ0v) is 79.8. The summed E-state index contributed by atoms with van der Waals surface area (Å²) in [5.74, 6) is -3.54. The third kappa shape index (κ3) is 28.3. The van der Waals surface area contributed by atoms with E-state index in [9.17, 15) is 53.1 Å². The van der Waals surface area contributed by atoms with Gasteiger partial charge in [-0.05, 0) is 243 Å². The van der Waals surface area contributed by atoms with Gasteiger partial charge in [-0.2, -0.15) is 0 Å². The van der Waals surface area contributed by atoms with Gasteiger partial charge in [0, 0.05) is 60.9 Å². The number of rotatable bonds is 47. The smallest absolute Gasteiger partial charge is 0.407 e. The van der Waals surface area contributed by atoms with Crippen LogP contribution in [0.2, 0.25) is 0 Å². The van der Waals surface area contributed by atoms with Gasteiger partial charge < -0.3 is 66.4 Å². The second-order valence-electron chi connectivity index (χ2n) is 36.1. The largest absolute Gasteiger partial charge is 0.481 e. The van der Waals surface area contributed by atoms with E-state index in [0.717, 1.165) is 138 Å². The molecule has 0 bridgehead atoms. The molecule has 23 nitrogen and oxygen atoms in total. The van der Waals surface area contributed by atoms with Crippen LogP contribution in [0.4, 0.5) is 14.4 Å². The predicted octanol–water partition coefficient (Wildman–Crippen LogP) is 19.9. The molecule has 0 saturated carbocycles. The number of hydrogen-bond acceptors (Lipinski definition) is 19. The SMILES string of the molecule is CNCCCC[C@H](CC(=O)OCC1c2ccccc2-c2ccccc21)C(C)=O.CNCCCC[C@H](CC(=O)[C@H](CCCCNC(=O)OCC1c2ccccc2-c2ccccc21)NC(=O)OCC1c2ccccc2-c2ccccc21)C(C)=O.CNCCCC[C@H](N)C(C)=O.O=C(C[C@@H](CCCCNC(=O)OCC1c2ccccc2-c2ccccc21)C(=O)O)OCC1c2ccccc2-c2ccccc21. The Morgan fingerprint density at radius 3 is 0.788 bits per heavy atom. The van der Waals surface area contributed by atoms with Crippen LogP contribution in [0, 0.1) is 17.8 Å². The van der Waals surface area contributed by atoms with E-state index in [4.69, 9.17) is 29.4 Å². The minimum Gasteiger partial charge on any atom is -0.481 e. The molecule has 5 aliphatic carbocycles. The molecule has 5 aliphatic rings. The molecule has 10 aromatic rings. The predicted molar refractivity (Wildman–Crippen MR) is 536 cm³/mol. The van der Waals surface area contributed by atoms with Gasteiger partial charge in [-0.25, -0.2) is 14.4 Å². The molecule has 10 aromatic carbocycles. The number of amides is 3. The van der Waals surface area contributed by atoms with E-state index in [-0.39, 0.29) is 116 Å². The van der Waals surface area contributed by atoms with Gasteiger partial charge in [-0.15, -0.1) is 0 Å². The molecule has 0 radical (unpaired) electrons. The van der Waals surface area contributed by atoms with Crippen molar-refractivity contribution in [1.82, 2.24) is 31.9 Å². The molecular weight excluding hydrogens is 1720 g/mol. The molecule has 0 heterocycles. The molecule has 3 amide bonds. The third-order valence-corrected chi connectivity index (χ3v) is 26.8. The molecule has 5 atom stereocenters. The minimum absolute atomic E-state index is 0.0117. The van der Waals surface area contributed by atoms with Gasteiger partial charge in [0.05, 0.1) is 30.8 Å². The molecule has 720 valence electrons. The molecule has 0 unspecified atom stereocenters. The van der Waals surface area contributed by atoms with Crippen LogP contribution in [0.25, 0.3) is 55.6 Å². The minimum atomic E-state index is -1.02. The first-order valence-corrected chi connectivity index (χ1v) is 48.6. The monoisotopic (exact) mass is 1860 g/mol. The Hall–Kier alpha value is -13.1. The van der Waals surface area contributed by atoms with Crippen molar-refractivity contribution >= 4 is 59.3 Å². The second kappa shape index (κ2) is 52.9. The van der Waals surface area contributed by atoms with Gasteiger partial charge in [0.2, 0.25) is 0 Å². The number of alkyl carbamates (subject to hydrolysis) is 3. The lowest BCUT2D eigenvalue weighted by atomic mass is 9.89. The summed E-state index contributed by atoms with van der Waals surface area (Å²) in [6.07, 6.45) is 9.23. The average molecular weight is 1860 g/mol. The highest BCUT2D eigenvalue weighted by atomic mass is 16.6. The fraction of sp³-hybridized carbons (Fsp3) is 0.386. The molecule has 0 aromatic heterocycles. The summed E-state index contributed by atoms with van der Waals surface area (Å²) in [4.78, 5) is 124. The summed E-state index contributed by atoms with van der Waals surface area (Å²) in [5, 5.41) is 27.4. The number of ketones is 4. The number of carbonyl (C=O) groups is 10. The van der Waals surface area contributed by atoms with E-state index in [2.05, 4.69) is 141 Å². The molecule has 137 heavy (non-hydrogen) atoms. The van der Waals surface area contributed by atoms with Crippen LogP contribution >= 0.6 is 0 Å². The lowest BCUT2D eigenvalue weighted by molar-refractivity contribution is -0.152. The van der Waals surface area contributed by atoms with E-state index in [1.807, 2.05) is 155 Å². The zero-order chi connectivity index (χ0) is 97.0. The van der Waals surface area contributed by atoms with Gasteiger partial charge in [-0.3, -0.25) is 33.6 Å². The summed E-state index contributed by atoms with van der Waals surface area (Å²) < 4.78 is 28.3. The van der Waals surface area contributed by atoms with Crippen molar-refractivity contribution in [3.8, 4) is 55.6 Å². The van der Waals surface area contributed by atoms with Gasteiger partial charge in [0.1, 0.15) is 50.4 Å². The van der Waals surface area contributed by atoms with Gasteiger partial charge in [0.15, 0.2) is 5.78 Å². The standard InChI is InChI=1S/C45H51N3O6.C37H35NO6.C24H29NO3.C8H18N2O/c1-30(49)31(15-11-13-25-46-2)27-43(50)42(48-45(52)54-29-41-38-22-9-5-18-34(38)35-19-6-10-23-39(35)41)24-12-14-26-47-44(51)53-28-40-36-20-7-3-16-32(36)33-17-4-8-21-37(33)40;39-35(43-22-33-29-16-5-1-12-25(29)26-13-2-6-17-30(26)33)21-24(36(40)41)11-9-10-20-38-37(42)44-23-34-31-18-7-3-14-27(31)28-15-4-8-19-32(28)34;1-17(26)18(9-7-8-14-25-2)15-24(27)28-16-23-21-12-5-3-10-19(21)20-11-4-6-13-22(20)23;1-7(11)8(9)5-3-4-6-10-2/h3-10,16-23,31,40-42,46H,11-15,24-29H2,1-2H3,(H,47,51)(H,48,52);1-8,12-19,24,33-34H,9-11,20-23H2,(H,38,42)(H,40,41);3-6,10-13,18,23,25H,7-9,14-16H2,1-2H3;8,10H,3-6,9H2,1-2H3/t31-,42+;24-;18-;8-/m1110/s1. The Morgan fingerprint density at radius 2 is 0.518 bits per heavy atom. The van der Waals surface area contributed by atoms with Crippen LogP contribution in [0.1, 0.15) is 222 Å². The maximum Gasteiger partial charge on any atom is 0.407 e. The maximum absolute atomic E-state index is 13.7. The number of carboxylic acid groups (broad SMARTS) is 1. The molecule has 15 rings (SSSR count). The number of nitrogens with two attached hydrogens (primary N) is 1. The molecule has 0 saturated heterocycles. The zero-order valence-electron chi connectivity index (χ0n) is 79.8. The Morgan fingerprint density at radius 1 is 0.285 bits per heavy atom. The third-order valence-electron chi connectivity index (χ3n) is 26.8. The van der Waals surface area contributed by atoms with Crippen molar-refractivity contribution in [1.29, 1.82) is 0 Å². The number of esters is 2. The van der Waals surface area contributed by atoms with Crippen LogP contribution in [-0.4, -0.2) is 163 Å². The Kier molecular flexibility index (Phi) is 39.7. The van der Waals surface area contributed by atoms with Crippen molar-refractivity contribution in [2.24, 2.45) is 23.5 Å². The first kappa shape index (κ1) is 103. The number of carbonyl (C=O) groups excluding carboxylic acids is 9. The maximum atomic E-state index is 13.7. The summed E-state index contributed by atoms with van der Waals surface area (Å²) in [5.41, 5.74) is 28.6. The van der Waals surface area contributed by atoms with Gasteiger partial charge in [0.25, 0.3) is 0 Å². The molecule has 0 spiro atoms. The number of nitrogens with one attached hydrogen (secondary N) is 6. The Balaban J connectivity index is 0.000000181. The van der Waals surface area contributed by atoms with Crippen LogP contribution < -0.4 is 37.6 Å². The lowest BCUT2D eigenvalue weighted by Gasteiger charge is -2.21. The summed E-state index contributed by atoms with van der Waals surface area (Å²) in [6.45, 7) is 9.20. The van der Waals surface area contributed by atoms with E-state index in [0.29, 0.717) is 64.6 Å². The average Bonchev–Trinajstić information content (AvgIpc) is 1.64. The number of hydrogen-bond donors (Lipinski definition) is 8. The number of benzene rings is 10. The highest BCUT2D eigenvalue weighted by Gasteiger charge is 2.37. The number of carboxylic acids is 1. The van der Waals surface area contributed by atoms with Gasteiger partial charge in [-0.1, -0.05) is 268 Å². The summed E-state index contributed by atoms with van der Waals surface area (Å²) >= 11 is 0. The van der Waals surface area contributed by atoms with E-state index < -0.39 is 48.1 Å². The highest BCUT2D eigenvalue weighted by Crippen LogP contribution is 2.50. The fourth-order valence-electron chi connectivity index (χ4n) is 19.4. The van der Waals surface area contributed by atoms with Crippen LogP contribution in [0.5, 0.6) is 0 Å². The Bertz CT molecular complexity index is 5530. The fourth-order valence-corrected chi connectivity index (χ4v) is 19.4. The topological polar surface area (TPSA) is 335 Å². The lowest BCUT2D eigenvalue weighted by Crippen LogP contribution is -2.42. The quantitative estimate of drug-likeness (QED) is 0.00998.